The predicted molar refractivity (Wildman–Crippen MR) is 70.8 cm³/mol. The van der Waals surface area contributed by atoms with Crippen LogP contribution < -0.4 is 5.32 Å². The second-order valence-electron chi connectivity index (χ2n) is 5.45. The van der Waals surface area contributed by atoms with Crippen LogP contribution in [0.15, 0.2) is 18.2 Å². The predicted octanol–water partition coefficient (Wildman–Crippen LogP) is 6.16. The van der Waals surface area contributed by atoms with Gasteiger partial charge in [-0.3, -0.25) is 4.79 Å². The van der Waals surface area contributed by atoms with Crippen molar-refractivity contribution in [3.63, 3.8) is 0 Å². The summed E-state index contributed by atoms with van der Waals surface area (Å²) in [5, 5.41) is 0.144. The van der Waals surface area contributed by atoms with Crippen molar-refractivity contribution in [2.45, 2.75) is 35.8 Å². The SMILES string of the molecule is O=C(Nc1ccc(Cl)cc1F)C(F)(F)C(F)(F)C(F)(F)C(F)(F)C(F)(F)C(F)(F)F. The van der Waals surface area contributed by atoms with Gasteiger partial charge < -0.3 is 5.32 Å². The van der Waals surface area contributed by atoms with Crippen LogP contribution >= 0.6 is 11.6 Å². The molecule has 1 rings (SSSR count). The maximum absolute atomic E-state index is 13.6. The highest BCUT2D eigenvalue weighted by molar-refractivity contribution is 6.30. The molecular formula is C13H4ClF14NO. The average Bonchev–Trinajstić information content (AvgIpc) is 2.55. The Kier molecular flexibility index (Phi) is 6.34. The van der Waals surface area contributed by atoms with Gasteiger partial charge in [0.1, 0.15) is 5.82 Å². The van der Waals surface area contributed by atoms with E-state index < -0.39 is 58.2 Å². The lowest BCUT2D eigenvalue weighted by atomic mass is 9.93. The molecule has 17 heteroatoms. The molecule has 172 valence electrons. The fourth-order valence-corrected chi connectivity index (χ4v) is 1.86. The number of anilines is 1. The van der Waals surface area contributed by atoms with Gasteiger partial charge in [0.15, 0.2) is 0 Å². The van der Waals surface area contributed by atoms with Crippen molar-refractivity contribution in [2.75, 3.05) is 5.32 Å². The molecule has 1 aromatic rings. The third kappa shape index (κ3) is 3.73. The van der Waals surface area contributed by atoms with Crippen molar-refractivity contribution in [1.82, 2.24) is 0 Å². The third-order valence-corrected chi connectivity index (χ3v) is 3.63. The van der Waals surface area contributed by atoms with E-state index in [2.05, 4.69) is 0 Å². The first-order valence-corrected chi connectivity index (χ1v) is 7.15. The Morgan fingerprint density at radius 1 is 0.733 bits per heavy atom. The summed E-state index contributed by atoms with van der Waals surface area (Å²) in [5.41, 5.74) is -1.42. The van der Waals surface area contributed by atoms with Gasteiger partial charge in [-0.15, -0.1) is 0 Å². The molecule has 0 aliphatic carbocycles. The Balaban J connectivity index is 3.42. The zero-order chi connectivity index (χ0) is 24.1. The first-order chi connectivity index (χ1) is 13.1. The zero-order valence-electron chi connectivity index (χ0n) is 13.3. The van der Waals surface area contributed by atoms with Gasteiger partial charge in [0, 0.05) is 5.02 Å². The first-order valence-electron chi connectivity index (χ1n) is 6.78. The van der Waals surface area contributed by atoms with Gasteiger partial charge in [-0.2, -0.15) is 57.1 Å². The lowest BCUT2D eigenvalue weighted by molar-refractivity contribution is -0.435. The van der Waals surface area contributed by atoms with Gasteiger partial charge in [-0.25, -0.2) is 4.39 Å². The number of carbonyl (C=O) groups excluding carboxylic acids is 1. The van der Waals surface area contributed by atoms with Gasteiger partial charge in [0.2, 0.25) is 0 Å². The molecule has 0 radical (unpaired) electrons. The number of carbonyl (C=O) groups is 1. The van der Waals surface area contributed by atoms with E-state index in [0.29, 0.717) is 23.5 Å². The lowest BCUT2D eigenvalue weighted by Gasteiger charge is -2.39. The van der Waals surface area contributed by atoms with Crippen LogP contribution in [0.3, 0.4) is 0 Å². The molecular weight excluding hydrogens is 488 g/mol. The molecule has 0 aliphatic heterocycles. The fraction of sp³-hybridized carbons (Fsp3) is 0.462. The van der Waals surface area contributed by atoms with Crippen LogP contribution in [-0.2, 0) is 4.79 Å². The summed E-state index contributed by atoms with van der Waals surface area (Å²) in [5.74, 6) is -44.4. The molecule has 0 saturated heterocycles. The van der Waals surface area contributed by atoms with Crippen molar-refractivity contribution in [3.05, 3.63) is 29.0 Å². The maximum atomic E-state index is 13.6. The summed E-state index contributed by atoms with van der Waals surface area (Å²) < 4.78 is 181. The molecule has 0 aromatic heterocycles. The van der Waals surface area contributed by atoms with Gasteiger partial charge in [-0.1, -0.05) is 11.6 Å². The van der Waals surface area contributed by atoms with E-state index in [4.69, 9.17) is 11.6 Å². The van der Waals surface area contributed by atoms with Gasteiger partial charge in [0.05, 0.1) is 5.69 Å². The van der Waals surface area contributed by atoms with E-state index in [1.165, 1.54) is 0 Å². The molecule has 0 atom stereocenters. The third-order valence-electron chi connectivity index (χ3n) is 3.40. The second-order valence-corrected chi connectivity index (χ2v) is 5.88. The largest absolute Gasteiger partial charge is 0.460 e. The summed E-state index contributed by atoms with van der Waals surface area (Å²) >= 11 is 5.24. The van der Waals surface area contributed by atoms with Gasteiger partial charge >= 0.3 is 41.7 Å². The minimum absolute atomic E-state index is 0.292. The minimum Gasteiger partial charge on any atom is -0.318 e. The lowest BCUT2D eigenvalue weighted by Crippen LogP contribution is -2.71. The monoisotopic (exact) mass is 491 g/mol. The molecule has 0 saturated carbocycles. The van der Waals surface area contributed by atoms with Crippen LogP contribution in [0.2, 0.25) is 5.02 Å². The number of benzene rings is 1. The molecule has 1 aromatic carbocycles. The highest BCUT2D eigenvalue weighted by Crippen LogP contribution is 2.60. The minimum atomic E-state index is -8.14. The Morgan fingerprint density at radius 2 is 1.17 bits per heavy atom. The summed E-state index contributed by atoms with van der Waals surface area (Å²) in [7, 11) is 0. The van der Waals surface area contributed by atoms with E-state index in [1.54, 1.807) is 0 Å². The van der Waals surface area contributed by atoms with E-state index in [0.717, 1.165) is 0 Å². The molecule has 0 heterocycles. The van der Waals surface area contributed by atoms with Crippen molar-refractivity contribution in [3.8, 4) is 0 Å². The highest BCUT2D eigenvalue weighted by Gasteiger charge is 2.91. The standard InChI is InChI=1S/C13H4ClF14NO/c14-4-1-2-6(5(15)3-4)29-7(30)8(16,17)9(18,19)10(20,21)11(22,23)12(24,25)13(26,27)28/h1-3H,(H,29,30). The second kappa shape index (κ2) is 7.30. The Bertz CT molecular complexity index is 819. The number of alkyl halides is 13. The number of hydrogen-bond donors (Lipinski definition) is 1. The van der Waals surface area contributed by atoms with E-state index in [-0.39, 0.29) is 0 Å². The van der Waals surface area contributed by atoms with Crippen molar-refractivity contribution in [2.24, 2.45) is 0 Å². The van der Waals surface area contributed by atoms with Crippen LogP contribution in [0.1, 0.15) is 0 Å². The molecule has 0 unspecified atom stereocenters. The van der Waals surface area contributed by atoms with Crippen molar-refractivity contribution >= 4 is 23.2 Å². The van der Waals surface area contributed by atoms with E-state index in [1.807, 2.05) is 0 Å². The fourth-order valence-electron chi connectivity index (χ4n) is 1.70. The maximum Gasteiger partial charge on any atom is 0.460 e. The van der Waals surface area contributed by atoms with Crippen LogP contribution in [0.25, 0.3) is 0 Å². The number of amides is 1. The summed E-state index contributed by atoms with van der Waals surface area (Å²) in [6.07, 6.45) is -7.57. The first kappa shape index (κ1) is 26.0. The van der Waals surface area contributed by atoms with Crippen LogP contribution in [-0.4, -0.2) is 41.7 Å². The Hall–Kier alpha value is -2.00. The topological polar surface area (TPSA) is 29.1 Å². The molecule has 1 amide bonds. The molecule has 2 nitrogen and oxygen atoms in total. The molecule has 0 fully saturated rings. The number of rotatable bonds is 6. The average molecular weight is 492 g/mol. The molecule has 0 bridgehead atoms. The number of hydrogen-bond acceptors (Lipinski definition) is 1. The Labute approximate surface area is 160 Å². The van der Waals surface area contributed by atoms with Gasteiger partial charge in [0.25, 0.3) is 0 Å². The quantitative estimate of drug-likeness (QED) is 0.475. The van der Waals surface area contributed by atoms with Crippen LogP contribution in [0, 0.1) is 5.82 Å². The van der Waals surface area contributed by atoms with E-state index >= 15 is 0 Å². The molecule has 30 heavy (non-hydrogen) atoms. The van der Waals surface area contributed by atoms with Crippen LogP contribution in [0.4, 0.5) is 67.2 Å². The smallest absolute Gasteiger partial charge is 0.318 e. The summed E-state index contributed by atoms with van der Waals surface area (Å²) in [4.78, 5) is 11.2. The van der Waals surface area contributed by atoms with Crippen LogP contribution in [0.5, 0.6) is 0 Å². The normalized spacial score (nSPS) is 14.6. The van der Waals surface area contributed by atoms with Crippen molar-refractivity contribution < 1.29 is 66.3 Å². The van der Waals surface area contributed by atoms with Crippen molar-refractivity contribution in [1.29, 1.82) is 0 Å². The molecule has 0 spiro atoms. The number of halogens is 15. The highest BCUT2D eigenvalue weighted by atomic mass is 35.5. The Morgan fingerprint density at radius 3 is 1.57 bits per heavy atom. The summed E-state index contributed by atoms with van der Waals surface area (Å²) in [6, 6.07) is 1.28. The van der Waals surface area contributed by atoms with Gasteiger partial charge in [-0.05, 0) is 18.2 Å². The molecule has 1 N–H and O–H groups in total. The zero-order valence-corrected chi connectivity index (χ0v) is 14.1. The number of nitrogens with one attached hydrogen (secondary N) is 1. The molecule has 0 aliphatic rings. The summed E-state index contributed by atoms with van der Waals surface area (Å²) in [6.45, 7) is 0. The van der Waals surface area contributed by atoms with E-state index in [9.17, 15) is 66.3 Å².